The smallest absolute Gasteiger partial charge is 0.135 e. The summed E-state index contributed by atoms with van der Waals surface area (Å²) in [4.78, 5) is 8.80. The Hall–Kier alpha value is -0.160. The molecule has 0 amide bonds. The van der Waals surface area contributed by atoms with Gasteiger partial charge in [-0.15, -0.1) is 0 Å². The maximum absolute atomic E-state index is 5.15. The van der Waals surface area contributed by atoms with Crippen LogP contribution in [0.25, 0.3) is 0 Å². The zero-order chi connectivity index (χ0) is 5.11. The van der Waals surface area contributed by atoms with Gasteiger partial charge in [0.1, 0.15) is 12.7 Å². The molecule has 1 fully saturated rings. The van der Waals surface area contributed by atoms with Crippen molar-refractivity contribution in [2.45, 2.75) is 6.10 Å². The summed E-state index contributed by atoms with van der Waals surface area (Å²) in [5.41, 5.74) is 5.15. The fourth-order valence-electron chi connectivity index (χ4n) is 0.322. The monoisotopic (exact) mass is 105 g/mol. The summed E-state index contributed by atoms with van der Waals surface area (Å²) < 4.78 is 0. The van der Waals surface area contributed by atoms with E-state index in [1.807, 2.05) is 0 Å². The van der Waals surface area contributed by atoms with E-state index in [2.05, 4.69) is 14.8 Å². The number of nitrogens with two attached hydrogens (primary N) is 1. The maximum atomic E-state index is 5.15. The minimum atomic E-state index is -0.0694. The van der Waals surface area contributed by atoms with Crippen LogP contribution in [-0.2, 0) is 14.8 Å². The van der Waals surface area contributed by atoms with Gasteiger partial charge in [0, 0.05) is 6.54 Å². The van der Waals surface area contributed by atoms with Crippen LogP contribution in [0.1, 0.15) is 0 Å². The van der Waals surface area contributed by atoms with E-state index < -0.39 is 0 Å². The molecule has 1 heterocycles. The predicted octanol–water partition coefficient (Wildman–Crippen LogP) is -0.793. The van der Waals surface area contributed by atoms with Crippen LogP contribution in [0.15, 0.2) is 0 Å². The summed E-state index contributed by atoms with van der Waals surface area (Å²) in [6, 6.07) is 0. The lowest BCUT2D eigenvalue weighted by molar-refractivity contribution is -0.459. The van der Waals surface area contributed by atoms with Crippen molar-refractivity contribution in [1.29, 1.82) is 0 Å². The average Bonchev–Trinajstić information content (AvgIpc) is 2.14. The van der Waals surface area contributed by atoms with Gasteiger partial charge in [-0.1, -0.05) is 5.04 Å². The Morgan fingerprint density at radius 1 is 1.71 bits per heavy atom. The first kappa shape index (κ1) is 4.99. The quantitative estimate of drug-likeness (QED) is 0.444. The number of hydrogen-bond acceptors (Lipinski definition) is 4. The number of hydrogen-bond donors (Lipinski definition) is 1. The van der Waals surface area contributed by atoms with Crippen molar-refractivity contribution in [3.63, 3.8) is 0 Å². The van der Waals surface area contributed by atoms with Crippen LogP contribution >= 0.6 is 0 Å². The Morgan fingerprint density at radius 2 is 2.57 bits per heavy atom. The molecule has 0 saturated carbocycles. The molecule has 2 N–H and O–H groups in total. The molecular weight excluding hydrogens is 98.0 g/mol. The minimum absolute atomic E-state index is 0.0694. The summed E-state index contributed by atoms with van der Waals surface area (Å²) in [6.07, 6.45) is -0.0694. The van der Waals surface area contributed by atoms with Gasteiger partial charge >= 0.3 is 0 Å². The van der Waals surface area contributed by atoms with E-state index in [0.717, 1.165) is 0 Å². The molecule has 1 aliphatic heterocycles. The van der Waals surface area contributed by atoms with Gasteiger partial charge in [-0.25, -0.2) is 4.89 Å². The summed E-state index contributed by atoms with van der Waals surface area (Å²) in [5, 5.41) is 4.07. The molecule has 1 atom stereocenters. The Bertz CT molecular complexity index is 52.1. The molecular formula is C3H7NO3. The molecule has 42 valence electrons. The van der Waals surface area contributed by atoms with Crippen LogP contribution < -0.4 is 5.73 Å². The molecule has 0 bridgehead atoms. The van der Waals surface area contributed by atoms with Gasteiger partial charge in [0.15, 0.2) is 0 Å². The van der Waals surface area contributed by atoms with E-state index >= 15 is 0 Å². The van der Waals surface area contributed by atoms with Crippen LogP contribution in [0.5, 0.6) is 0 Å². The highest BCUT2D eigenvalue weighted by molar-refractivity contribution is 4.53. The third-order valence-electron chi connectivity index (χ3n) is 0.740. The molecule has 0 spiro atoms. The van der Waals surface area contributed by atoms with Crippen molar-refractivity contribution in [3.05, 3.63) is 0 Å². The molecule has 1 rings (SSSR count). The summed E-state index contributed by atoms with van der Waals surface area (Å²) in [5.74, 6) is 0. The second-order valence-electron chi connectivity index (χ2n) is 1.31. The van der Waals surface area contributed by atoms with E-state index in [-0.39, 0.29) is 6.10 Å². The first-order valence-corrected chi connectivity index (χ1v) is 2.08. The normalized spacial score (nSPS) is 31.3. The molecule has 1 unspecified atom stereocenters. The Morgan fingerprint density at radius 3 is 2.86 bits per heavy atom. The van der Waals surface area contributed by atoms with Crippen LogP contribution in [0.2, 0.25) is 0 Å². The van der Waals surface area contributed by atoms with Crippen molar-refractivity contribution in [3.8, 4) is 0 Å². The molecule has 7 heavy (non-hydrogen) atoms. The molecule has 0 aromatic rings. The molecule has 4 heteroatoms. The van der Waals surface area contributed by atoms with Crippen LogP contribution in [0.4, 0.5) is 0 Å². The highest BCUT2D eigenvalue weighted by atomic mass is 17.5. The van der Waals surface area contributed by atoms with Gasteiger partial charge in [-0.05, 0) is 0 Å². The average molecular weight is 105 g/mol. The van der Waals surface area contributed by atoms with Gasteiger partial charge in [0.25, 0.3) is 0 Å². The van der Waals surface area contributed by atoms with Crippen LogP contribution in [0, 0.1) is 0 Å². The van der Waals surface area contributed by atoms with Crippen LogP contribution in [-0.4, -0.2) is 19.3 Å². The third-order valence-corrected chi connectivity index (χ3v) is 0.740. The van der Waals surface area contributed by atoms with Crippen molar-refractivity contribution in [1.82, 2.24) is 0 Å². The predicted molar refractivity (Wildman–Crippen MR) is 21.0 cm³/mol. The van der Waals surface area contributed by atoms with Gasteiger partial charge in [0.2, 0.25) is 0 Å². The third kappa shape index (κ3) is 1.10. The van der Waals surface area contributed by atoms with Crippen molar-refractivity contribution >= 4 is 0 Å². The van der Waals surface area contributed by atoms with Crippen molar-refractivity contribution in [2.24, 2.45) is 5.73 Å². The lowest BCUT2D eigenvalue weighted by Crippen LogP contribution is -2.21. The highest BCUT2D eigenvalue weighted by Gasteiger charge is 2.15. The molecule has 0 aromatic heterocycles. The summed E-state index contributed by atoms with van der Waals surface area (Å²) in [6.45, 7) is 0.885. The van der Waals surface area contributed by atoms with Gasteiger partial charge in [-0.2, -0.15) is 4.89 Å². The largest absolute Gasteiger partial charge is 0.328 e. The highest BCUT2D eigenvalue weighted by Crippen LogP contribution is 2.00. The van der Waals surface area contributed by atoms with E-state index in [4.69, 9.17) is 5.73 Å². The molecule has 1 aliphatic rings. The van der Waals surface area contributed by atoms with Gasteiger partial charge in [-0.3, -0.25) is 0 Å². The Labute approximate surface area is 41.0 Å². The first-order chi connectivity index (χ1) is 3.43. The Kier molecular flexibility index (Phi) is 1.59. The van der Waals surface area contributed by atoms with E-state index in [9.17, 15) is 0 Å². The van der Waals surface area contributed by atoms with Crippen molar-refractivity contribution < 1.29 is 14.8 Å². The fraction of sp³-hybridized carbons (Fsp3) is 1.00. The molecule has 0 aliphatic carbocycles. The van der Waals surface area contributed by atoms with E-state index in [1.54, 1.807) is 0 Å². The van der Waals surface area contributed by atoms with Crippen LogP contribution in [0.3, 0.4) is 0 Å². The number of rotatable bonds is 1. The Balaban J connectivity index is 2.14. The standard InChI is InChI=1S/C3H7NO3/c4-1-3-2-5-7-6-3/h3H,1-2,4H2. The van der Waals surface area contributed by atoms with E-state index in [0.29, 0.717) is 13.2 Å². The zero-order valence-electron chi connectivity index (χ0n) is 3.79. The topological polar surface area (TPSA) is 53.7 Å². The zero-order valence-corrected chi connectivity index (χ0v) is 3.79. The molecule has 1 saturated heterocycles. The lowest BCUT2D eigenvalue weighted by Gasteiger charge is -1.93. The maximum Gasteiger partial charge on any atom is 0.135 e. The van der Waals surface area contributed by atoms with Crippen molar-refractivity contribution in [2.75, 3.05) is 13.2 Å². The van der Waals surface area contributed by atoms with Gasteiger partial charge in [0.05, 0.1) is 0 Å². The molecule has 4 nitrogen and oxygen atoms in total. The SMILES string of the molecule is NCC1COOO1. The second-order valence-corrected chi connectivity index (χ2v) is 1.31. The lowest BCUT2D eigenvalue weighted by atomic mass is 10.4. The van der Waals surface area contributed by atoms with Gasteiger partial charge < -0.3 is 5.73 Å². The fourth-order valence-corrected chi connectivity index (χ4v) is 0.322. The minimum Gasteiger partial charge on any atom is -0.328 e. The second kappa shape index (κ2) is 2.23. The molecule has 0 aromatic carbocycles. The molecule has 0 radical (unpaired) electrons. The summed E-state index contributed by atoms with van der Waals surface area (Å²) >= 11 is 0. The summed E-state index contributed by atoms with van der Waals surface area (Å²) in [7, 11) is 0. The van der Waals surface area contributed by atoms with E-state index in [1.165, 1.54) is 0 Å². The first-order valence-electron chi connectivity index (χ1n) is 2.08.